The fraction of sp³-hybridized carbons (Fsp3) is 0. The van der Waals surface area contributed by atoms with E-state index in [0.717, 1.165) is 0 Å². The van der Waals surface area contributed by atoms with Gasteiger partial charge >= 0.3 is 37.7 Å². The summed E-state index contributed by atoms with van der Waals surface area (Å²) >= 11 is 0. The van der Waals surface area contributed by atoms with Gasteiger partial charge in [-0.15, -0.1) is 12.4 Å². The molecule has 0 atom stereocenters. The normalized spacial score (nSPS) is 0. The molecule has 0 saturated carbocycles. The fourth-order valence-electron chi connectivity index (χ4n) is 0. The number of rotatable bonds is 0. The van der Waals surface area contributed by atoms with Crippen LogP contribution in [0.4, 0.5) is 0 Å². The molecule has 14 heteroatoms. The third-order valence-corrected chi connectivity index (χ3v) is 0. The van der Waals surface area contributed by atoms with Crippen molar-refractivity contribution in [2.75, 3.05) is 0 Å². The molecule has 0 fully saturated rings. The molecule has 0 saturated heterocycles. The van der Waals surface area contributed by atoms with E-state index >= 15 is 0 Å². The second kappa shape index (κ2) is 2100. The van der Waals surface area contributed by atoms with Gasteiger partial charge in [0.25, 0.3) is 0 Å². The van der Waals surface area contributed by atoms with Crippen LogP contribution in [0.3, 0.4) is 0 Å². The topological polar surface area (TPSA) is 378 Å². The molecule has 12 nitrogen and oxygen atoms in total. The molecule has 108 valence electrons. The minimum absolute atomic E-state index is 0. The van der Waals surface area contributed by atoms with Crippen LogP contribution in [-0.4, -0.2) is 103 Å². The molecule has 0 amide bonds. The molecular formula is H27CaClO12. The van der Waals surface area contributed by atoms with Crippen molar-refractivity contribution in [1.29, 1.82) is 0 Å². The molecule has 14 heavy (non-hydrogen) atoms. The molecule has 0 bridgehead atoms. The van der Waals surface area contributed by atoms with E-state index in [1.165, 1.54) is 0 Å². The van der Waals surface area contributed by atoms with Gasteiger partial charge in [-0.2, -0.15) is 0 Å². The molecule has 0 aliphatic rings. The molecule has 0 rings (SSSR count). The zero-order chi connectivity index (χ0) is 0. The van der Waals surface area contributed by atoms with Gasteiger partial charge in [-0.1, -0.05) is 0 Å². The van der Waals surface area contributed by atoms with Crippen molar-refractivity contribution in [2.24, 2.45) is 0 Å². The van der Waals surface area contributed by atoms with Gasteiger partial charge in [0.15, 0.2) is 0 Å². The first-order valence-electron chi connectivity index (χ1n) is 0. The minimum atomic E-state index is 0. The monoisotopic (exact) mass is 294 g/mol. The Morgan fingerprint density at radius 1 is 0.214 bits per heavy atom. The Bertz CT molecular complexity index is 10.3. The molecular weight excluding hydrogens is 268 g/mol. The van der Waals surface area contributed by atoms with E-state index < -0.39 is 0 Å². The Morgan fingerprint density at radius 3 is 0.214 bits per heavy atom. The van der Waals surface area contributed by atoms with Gasteiger partial charge in [0.2, 0.25) is 0 Å². The van der Waals surface area contributed by atoms with Gasteiger partial charge in [-0.25, -0.2) is 0 Å². The summed E-state index contributed by atoms with van der Waals surface area (Å²) in [5.74, 6) is 0. The van der Waals surface area contributed by atoms with E-state index in [1.807, 2.05) is 0 Å². The van der Waals surface area contributed by atoms with E-state index in [1.54, 1.807) is 0 Å². The Labute approximate surface area is 115 Å². The van der Waals surface area contributed by atoms with Crippen LogP contribution in [-0.2, 0) is 0 Å². The third kappa shape index (κ3) is 1660. The summed E-state index contributed by atoms with van der Waals surface area (Å²) in [7, 11) is 0. The summed E-state index contributed by atoms with van der Waals surface area (Å²) in [5.41, 5.74) is 0. The molecule has 0 aromatic heterocycles. The quantitative estimate of drug-likeness (QED) is 0.375. The number of hydrogen-bond donors (Lipinski definition) is 0. The van der Waals surface area contributed by atoms with Gasteiger partial charge in [-0.3, -0.25) is 0 Å². The maximum absolute atomic E-state index is 0. The Kier molecular flexibility index (Phi) is 391000. The average molecular weight is 295 g/mol. The molecule has 0 unspecified atom stereocenters. The summed E-state index contributed by atoms with van der Waals surface area (Å²) in [5, 5.41) is 0. The van der Waals surface area contributed by atoms with Crippen molar-refractivity contribution in [3.8, 4) is 0 Å². The first-order chi connectivity index (χ1) is 0. The van der Waals surface area contributed by atoms with Crippen molar-refractivity contribution in [2.45, 2.75) is 0 Å². The summed E-state index contributed by atoms with van der Waals surface area (Å²) in [4.78, 5) is 0. The van der Waals surface area contributed by atoms with Crippen LogP contribution in [0.15, 0.2) is 0 Å². The SMILES string of the molecule is Cl.O.O.O.O.O.O.O.O.O.O.O.O.[CaH2]. The Hall–Kier alpha value is 1.07. The summed E-state index contributed by atoms with van der Waals surface area (Å²) < 4.78 is 0. The van der Waals surface area contributed by atoms with Gasteiger partial charge in [0.1, 0.15) is 0 Å². The van der Waals surface area contributed by atoms with Crippen molar-refractivity contribution >= 4 is 50.1 Å². The molecule has 0 aromatic carbocycles. The van der Waals surface area contributed by atoms with E-state index in [9.17, 15) is 0 Å². The van der Waals surface area contributed by atoms with E-state index in [0.29, 0.717) is 0 Å². The number of halogens is 1. The average Bonchev–Trinajstić information content (AvgIpc) is 0. The predicted molar refractivity (Wildman–Crippen MR) is 59.2 cm³/mol. The van der Waals surface area contributed by atoms with Crippen molar-refractivity contribution in [3.05, 3.63) is 0 Å². The van der Waals surface area contributed by atoms with Crippen LogP contribution in [0.1, 0.15) is 0 Å². The summed E-state index contributed by atoms with van der Waals surface area (Å²) in [6.07, 6.45) is 0. The van der Waals surface area contributed by atoms with Gasteiger partial charge in [0.05, 0.1) is 0 Å². The second-order valence-corrected chi connectivity index (χ2v) is 0. The fourth-order valence-corrected chi connectivity index (χ4v) is 0. The summed E-state index contributed by atoms with van der Waals surface area (Å²) in [6.45, 7) is 0. The van der Waals surface area contributed by atoms with Crippen LogP contribution in [0.2, 0.25) is 0 Å². The Balaban J connectivity index is 0. The molecule has 24 N–H and O–H groups in total. The first-order valence-corrected chi connectivity index (χ1v) is 0. The maximum atomic E-state index is 0. The first kappa shape index (κ1) is 2610. The van der Waals surface area contributed by atoms with E-state index in [4.69, 9.17) is 0 Å². The van der Waals surface area contributed by atoms with Crippen molar-refractivity contribution < 1.29 is 65.7 Å². The van der Waals surface area contributed by atoms with E-state index in [-0.39, 0.29) is 116 Å². The molecule has 0 spiro atoms. The predicted octanol–water partition coefficient (Wildman–Crippen LogP) is -10.4. The van der Waals surface area contributed by atoms with Crippen LogP contribution < -0.4 is 0 Å². The third-order valence-electron chi connectivity index (χ3n) is 0. The second-order valence-electron chi connectivity index (χ2n) is 0. The molecule has 0 aliphatic carbocycles. The standard InChI is InChI=1S/Ca.ClH.12H2O.2H/h;1H;12*1H2;;. The zero-order valence-corrected chi connectivity index (χ0v) is 7.22. The molecule has 0 aromatic rings. The van der Waals surface area contributed by atoms with Crippen LogP contribution in [0, 0.1) is 0 Å². The van der Waals surface area contributed by atoms with Crippen LogP contribution in [0.5, 0.6) is 0 Å². The molecule has 0 aliphatic heterocycles. The van der Waals surface area contributed by atoms with Crippen LogP contribution in [0.25, 0.3) is 0 Å². The van der Waals surface area contributed by atoms with E-state index in [2.05, 4.69) is 0 Å². The van der Waals surface area contributed by atoms with Gasteiger partial charge < -0.3 is 65.7 Å². The van der Waals surface area contributed by atoms with Crippen molar-refractivity contribution in [1.82, 2.24) is 0 Å². The zero-order valence-electron chi connectivity index (χ0n) is 6.41. The molecule has 0 heterocycles. The summed E-state index contributed by atoms with van der Waals surface area (Å²) in [6, 6.07) is 0. The van der Waals surface area contributed by atoms with Gasteiger partial charge in [-0.05, 0) is 0 Å². The Morgan fingerprint density at radius 2 is 0.214 bits per heavy atom. The molecule has 0 radical (unpaired) electrons. The van der Waals surface area contributed by atoms with Crippen LogP contribution >= 0.6 is 12.4 Å². The van der Waals surface area contributed by atoms with Crippen molar-refractivity contribution in [3.63, 3.8) is 0 Å². The number of hydrogen-bond acceptors (Lipinski definition) is 0. The van der Waals surface area contributed by atoms with Gasteiger partial charge in [0, 0.05) is 0 Å².